The van der Waals surface area contributed by atoms with E-state index in [4.69, 9.17) is 5.73 Å². The molecular formula is C14H22ClN3O2. The molecule has 0 radical (unpaired) electrons. The fraction of sp³-hybridized carbons (Fsp3) is 0.429. The van der Waals surface area contributed by atoms with Crippen molar-refractivity contribution < 1.29 is 9.59 Å². The number of benzene rings is 1. The number of nitrogens with zero attached hydrogens (tertiary/aromatic N) is 1. The van der Waals surface area contributed by atoms with Crippen molar-refractivity contribution in [3.8, 4) is 0 Å². The second-order valence-electron chi connectivity index (χ2n) is 4.71. The largest absolute Gasteiger partial charge is 0.355 e. The van der Waals surface area contributed by atoms with Crippen molar-refractivity contribution in [1.29, 1.82) is 0 Å². The van der Waals surface area contributed by atoms with Crippen LogP contribution in [0.25, 0.3) is 0 Å². The molecule has 0 aromatic heterocycles. The highest BCUT2D eigenvalue weighted by atomic mass is 35.5. The van der Waals surface area contributed by atoms with Crippen molar-refractivity contribution in [2.45, 2.75) is 25.9 Å². The summed E-state index contributed by atoms with van der Waals surface area (Å²) in [6.45, 7) is 2.32. The number of rotatable bonds is 5. The quantitative estimate of drug-likeness (QED) is 0.857. The maximum absolute atomic E-state index is 11.8. The molecule has 6 heteroatoms. The number of nitrogens with two attached hydrogens (primary N) is 1. The number of hydrogen-bond donors (Lipinski definition) is 2. The van der Waals surface area contributed by atoms with Gasteiger partial charge in [-0.3, -0.25) is 9.59 Å². The highest BCUT2D eigenvalue weighted by Gasteiger charge is 2.11. The van der Waals surface area contributed by atoms with E-state index in [1.54, 1.807) is 31.1 Å². The van der Waals surface area contributed by atoms with Crippen LogP contribution < -0.4 is 11.1 Å². The number of halogens is 1. The first-order valence-electron chi connectivity index (χ1n) is 6.24. The monoisotopic (exact) mass is 299 g/mol. The van der Waals surface area contributed by atoms with Crippen LogP contribution in [0.4, 0.5) is 0 Å². The molecule has 1 aromatic rings. The van der Waals surface area contributed by atoms with Crippen LogP contribution in [-0.2, 0) is 11.3 Å². The number of nitrogens with one attached hydrogen (secondary N) is 1. The van der Waals surface area contributed by atoms with Gasteiger partial charge >= 0.3 is 0 Å². The zero-order valence-corrected chi connectivity index (χ0v) is 12.9. The molecule has 3 N–H and O–H groups in total. The Kier molecular flexibility index (Phi) is 7.87. The van der Waals surface area contributed by atoms with Crippen LogP contribution in [0.15, 0.2) is 24.3 Å². The van der Waals surface area contributed by atoms with E-state index in [2.05, 4.69) is 5.32 Å². The molecule has 0 bridgehead atoms. The minimum Gasteiger partial charge on any atom is -0.355 e. The van der Waals surface area contributed by atoms with Crippen molar-refractivity contribution >= 4 is 24.2 Å². The Morgan fingerprint density at radius 3 is 2.30 bits per heavy atom. The Bertz CT molecular complexity index is 446. The number of carbonyl (C=O) groups excluding carboxylic acids is 2. The molecule has 112 valence electrons. The molecule has 5 nitrogen and oxygen atoms in total. The second-order valence-corrected chi connectivity index (χ2v) is 4.71. The van der Waals surface area contributed by atoms with Gasteiger partial charge in [-0.15, -0.1) is 12.4 Å². The summed E-state index contributed by atoms with van der Waals surface area (Å²) in [4.78, 5) is 24.8. The molecule has 1 rings (SSSR count). The number of amides is 2. The normalized spacial score (nSPS) is 11.2. The molecule has 1 unspecified atom stereocenters. The maximum Gasteiger partial charge on any atom is 0.251 e. The lowest BCUT2D eigenvalue weighted by molar-refractivity contribution is -0.130. The molecule has 0 spiro atoms. The van der Waals surface area contributed by atoms with Gasteiger partial charge in [-0.1, -0.05) is 12.1 Å². The van der Waals surface area contributed by atoms with Gasteiger partial charge in [0.05, 0.1) is 0 Å². The Hall–Kier alpha value is -1.59. The molecular weight excluding hydrogens is 278 g/mol. The van der Waals surface area contributed by atoms with E-state index in [-0.39, 0.29) is 30.3 Å². The predicted octanol–water partition coefficient (Wildman–Crippen LogP) is 1.16. The summed E-state index contributed by atoms with van der Waals surface area (Å²) in [7, 11) is 3.34. The van der Waals surface area contributed by atoms with Gasteiger partial charge in [0.15, 0.2) is 0 Å². The molecule has 1 atom stereocenters. The summed E-state index contributed by atoms with van der Waals surface area (Å²) in [5.74, 6) is -0.0988. The minimum atomic E-state index is -0.134. The summed E-state index contributed by atoms with van der Waals surface area (Å²) >= 11 is 0. The SMILES string of the molecule is CNC(=O)c1ccc(CN(C)C(=O)CC(C)N)cc1.Cl. The van der Waals surface area contributed by atoms with E-state index in [9.17, 15) is 9.59 Å². The third-order valence-corrected chi connectivity index (χ3v) is 2.79. The number of carbonyl (C=O) groups is 2. The van der Waals surface area contributed by atoms with E-state index in [1.807, 2.05) is 19.1 Å². The summed E-state index contributed by atoms with van der Waals surface area (Å²) in [5, 5.41) is 2.56. The molecule has 1 aromatic carbocycles. The van der Waals surface area contributed by atoms with Crippen LogP contribution in [-0.4, -0.2) is 36.9 Å². The summed E-state index contributed by atoms with van der Waals surface area (Å²) < 4.78 is 0. The van der Waals surface area contributed by atoms with Crippen LogP contribution in [0.2, 0.25) is 0 Å². The Balaban J connectivity index is 0.00000361. The van der Waals surface area contributed by atoms with Crippen molar-refractivity contribution in [2.75, 3.05) is 14.1 Å². The lowest BCUT2D eigenvalue weighted by Crippen LogP contribution is -2.31. The van der Waals surface area contributed by atoms with Gasteiger partial charge in [-0.2, -0.15) is 0 Å². The lowest BCUT2D eigenvalue weighted by Gasteiger charge is -2.18. The van der Waals surface area contributed by atoms with Gasteiger partial charge in [-0.05, 0) is 24.6 Å². The van der Waals surface area contributed by atoms with Gasteiger partial charge in [0.2, 0.25) is 5.91 Å². The Morgan fingerprint density at radius 1 is 1.30 bits per heavy atom. The molecule has 0 saturated carbocycles. The molecule has 0 saturated heterocycles. The molecule has 2 amide bonds. The van der Waals surface area contributed by atoms with Crippen LogP contribution in [0, 0.1) is 0 Å². The highest BCUT2D eigenvalue weighted by molar-refractivity contribution is 5.93. The minimum absolute atomic E-state index is 0. The van der Waals surface area contributed by atoms with Crippen molar-refractivity contribution in [2.24, 2.45) is 5.73 Å². The zero-order chi connectivity index (χ0) is 14.4. The zero-order valence-electron chi connectivity index (χ0n) is 12.1. The summed E-state index contributed by atoms with van der Waals surface area (Å²) in [6.07, 6.45) is 0.340. The van der Waals surface area contributed by atoms with Gasteiger partial charge in [0.25, 0.3) is 5.91 Å². The lowest BCUT2D eigenvalue weighted by atomic mass is 10.1. The average molecular weight is 300 g/mol. The van der Waals surface area contributed by atoms with Crippen molar-refractivity contribution in [3.63, 3.8) is 0 Å². The van der Waals surface area contributed by atoms with Crippen molar-refractivity contribution in [3.05, 3.63) is 35.4 Å². The fourth-order valence-electron chi connectivity index (χ4n) is 1.70. The van der Waals surface area contributed by atoms with Crippen molar-refractivity contribution in [1.82, 2.24) is 10.2 Å². The predicted molar refractivity (Wildman–Crippen MR) is 81.8 cm³/mol. The molecule has 0 aliphatic carbocycles. The van der Waals surface area contributed by atoms with Crippen LogP contribution in [0.5, 0.6) is 0 Å². The molecule has 0 aliphatic heterocycles. The topological polar surface area (TPSA) is 75.4 Å². The number of hydrogen-bond acceptors (Lipinski definition) is 3. The van der Waals surface area contributed by atoms with Crippen LogP contribution >= 0.6 is 12.4 Å². The third kappa shape index (κ3) is 5.59. The van der Waals surface area contributed by atoms with Crippen LogP contribution in [0.3, 0.4) is 0 Å². The summed E-state index contributed by atoms with van der Waals surface area (Å²) in [6, 6.07) is 7.06. The molecule has 0 heterocycles. The van der Waals surface area contributed by atoms with E-state index in [0.29, 0.717) is 18.5 Å². The van der Waals surface area contributed by atoms with Gasteiger partial charge in [0, 0.05) is 38.7 Å². The Morgan fingerprint density at radius 2 is 1.85 bits per heavy atom. The fourth-order valence-corrected chi connectivity index (χ4v) is 1.70. The molecule has 0 aliphatic rings. The average Bonchev–Trinajstić information content (AvgIpc) is 2.37. The maximum atomic E-state index is 11.8. The summed E-state index contributed by atoms with van der Waals surface area (Å²) in [5.41, 5.74) is 7.19. The molecule has 20 heavy (non-hydrogen) atoms. The highest BCUT2D eigenvalue weighted by Crippen LogP contribution is 2.08. The van der Waals surface area contributed by atoms with Gasteiger partial charge in [-0.25, -0.2) is 0 Å². The first-order chi connectivity index (χ1) is 8.93. The first-order valence-corrected chi connectivity index (χ1v) is 6.24. The smallest absolute Gasteiger partial charge is 0.251 e. The van der Waals surface area contributed by atoms with E-state index in [0.717, 1.165) is 5.56 Å². The standard InChI is InChI=1S/C14H21N3O2.ClH/c1-10(15)8-13(18)17(3)9-11-4-6-12(7-5-11)14(19)16-2;/h4-7,10H,8-9,15H2,1-3H3,(H,16,19);1H. The molecule has 0 fully saturated rings. The van der Waals surface area contributed by atoms with E-state index < -0.39 is 0 Å². The van der Waals surface area contributed by atoms with E-state index in [1.165, 1.54) is 0 Å². The third-order valence-electron chi connectivity index (χ3n) is 2.79. The van der Waals surface area contributed by atoms with Gasteiger partial charge < -0.3 is 16.0 Å². The second kappa shape index (κ2) is 8.55. The Labute approximate surface area is 125 Å². The van der Waals surface area contributed by atoms with E-state index >= 15 is 0 Å². The van der Waals surface area contributed by atoms with Crippen LogP contribution in [0.1, 0.15) is 29.3 Å². The van der Waals surface area contributed by atoms with Gasteiger partial charge in [0.1, 0.15) is 0 Å². The first kappa shape index (κ1) is 18.4.